The molecule has 5 fully saturated rings. The van der Waals surface area contributed by atoms with Crippen LogP contribution in [-0.4, -0.2) is 30.2 Å². The van der Waals surface area contributed by atoms with Crippen molar-refractivity contribution < 1.29 is 19.0 Å². The molecule has 6 aliphatic rings. The maximum atomic E-state index is 13.2. The van der Waals surface area contributed by atoms with Gasteiger partial charge in [0.25, 0.3) is 0 Å². The fourth-order valence-corrected chi connectivity index (χ4v) is 9.33. The van der Waals surface area contributed by atoms with Gasteiger partial charge in [-0.25, -0.2) is 4.39 Å². The molecular formula is C41H55FN2O3. The molecule has 2 aromatic carbocycles. The first-order valence-electron chi connectivity index (χ1n) is 18.3. The normalized spacial score (nSPS) is 33.1. The van der Waals surface area contributed by atoms with Crippen molar-refractivity contribution in [2.24, 2.45) is 28.6 Å². The van der Waals surface area contributed by atoms with E-state index in [9.17, 15) is 9.50 Å². The molecule has 0 amide bonds. The molecule has 1 saturated heterocycles. The number of hydrogen-bond acceptors (Lipinski definition) is 5. The highest BCUT2D eigenvalue weighted by Crippen LogP contribution is 2.65. The molecular weight excluding hydrogens is 587 g/mol. The van der Waals surface area contributed by atoms with Gasteiger partial charge in [-0.15, -0.1) is 0 Å². The molecule has 1 aliphatic heterocycles. The van der Waals surface area contributed by atoms with Gasteiger partial charge in [-0.1, -0.05) is 82.0 Å². The topological polar surface area (TPSA) is 62.8 Å². The Morgan fingerprint density at radius 3 is 2.30 bits per heavy atom. The van der Waals surface area contributed by atoms with Crippen LogP contribution < -0.4 is 10.6 Å². The molecule has 8 rings (SSSR count). The molecule has 5 aliphatic carbocycles. The van der Waals surface area contributed by atoms with E-state index in [4.69, 9.17) is 9.47 Å². The van der Waals surface area contributed by atoms with E-state index in [1.165, 1.54) is 55.4 Å². The van der Waals surface area contributed by atoms with E-state index in [0.717, 1.165) is 57.4 Å². The molecule has 47 heavy (non-hydrogen) atoms. The molecule has 5 nitrogen and oxygen atoms in total. The third-order valence-electron chi connectivity index (χ3n) is 12.1. The van der Waals surface area contributed by atoms with Crippen molar-refractivity contribution in [1.29, 1.82) is 0 Å². The van der Waals surface area contributed by atoms with Crippen LogP contribution in [0.15, 0.2) is 72.1 Å². The lowest BCUT2D eigenvalue weighted by molar-refractivity contribution is -0.312. The van der Waals surface area contributed by atoms with Crippen molar-refractivity contribution in [3.63, 3.8) is 0 Å². The maximum absolute atomic E-state index is 13.2. The SMILES string of the molecule is C1CC1.C=C(NCc1ccc(C2CC3(C)C(O)CCC3C3CCC4CC5(CCC4=C23)OCC(C)(C)CO5)cc1)Nc1ccc(F)cc1. The Balaban J connectivity index is 0.00000111. The second kappa shape index (κ2) is 13.0. The summed E-state index contributed by atoms with van der Waals surface area (Å²) in [6.45, 7) is 13.1. The second-order valence-electron chi connectivity index (χ2n) is 16.4. The highest BCUT2D eigenvalue weighted by atomic mass is 19.1. The van der Waals surface area contributed by atoms with Crippen LogP contribution >= 0.6 is 0 Å². The maximum Gasteiger partial charge on any atom is 0.169 e. The van der Waals surface area contributed by atoms with E-state index >= 15 is 0 Å². The standard InChI is InChI=1S/C38H49FN2O3.C3H6/c1-24(41-29-12-10-28(39)11-13-29)40-21-25-5-7-26(8-6-25)32-20-37(4)33(15-16-34(37)42)31-14-9-27-19-38(18-17-30(27)35(31)32)43-22-36(2,3)23-44-38;1-2-3-1/h5-8,10-13,27,31-34,40-42H,1,9,14-23H2,2-4H3;1-3H2. The van der Waals surface area contributed by atoms with Crippen LogP contribution in [0.25, 0.3) is 0 Å². The summed E-state index contributed by atoms with van der Waals surface area (Å²) in [5, 5.41) is 17.8. The predicted octanol–water partition coefficient (Wildman–Crippen LogP) is 9.21. The van der Waals surface area contributed by atoms with Gasteiger partial charge in [0.05, 0.1) is 25.1 Å². The number of fused-ring (bicyclic) bond motifs is 4. The third kappa shape index (κ3) is 6.93. The number of hydrogen-bond donors (Lipinski definition) is 3. The summed E-state index contributed by atoms with van der Waals surface area (Å²) in [7, 11) is 0. The highest BCUT2D eigenvalue weighted by molar-refractivity contribution is 5.47. The van der Waals surface area contributed by atoms with Gasteiger partial charge in [-0.05, 0) is 97.1 Å². The molecule has 2 aromatic rings. The summed E-state index contributed by atoms with van der Waals surface area (Å²) in [5.41, 5.74) is 6.78. The summed E-state index contributed by atoms with van der Waals surface area (Å²) in [6.07, 6.45) is 12.8. The zero-order chi connectivity index (χ0) is 32.8. The molecule has 3 N–H and O–H groups in total. The zero-order valence-corrected chi connectivity index (χ0v) is 28.8. The lowest BCUT2D eigenvalue weighted by atomic mass is 9.52. The first-order valence-corrected chi connectivity index (χ1v) is 18.3. The fourth-order valence-electron chi connectivity index (χ4n) is 9.33. The van der Waals surface area contributed by atoms with Crippen molar-refractivity contribution in [3.05, 3.63) is 89.0 Å². The van der Waals surface area contributed by atoms with Crippen LogP contribution in [0, 0.1) is 34.4 Å². The first-order chi connectivity index (χ1) is 22.5. The quantitative estimate of drug-likeness (QED) is 0.274. The van der Waals surface area contributed by atoms with E-state index in [2.05, 4.69) is 62.2 Å². The Hall–Kier alpha value is -2.67. The smallest absolute Gasteiger partial charge is 0.169 e. The average Bonchev–Trinajstić information content (AvgIpc) is 3.92. The molecule has 6 atom stereocenters. The average molecular weight is 643 g/mol. The molecule has 1 heterocycles. The Kier molecular flexibility index (Phi) is 9.08. The Morgan fingerprint density at radius 2 is 1.62 bits per heavy atom. The minimum Gasteiger partial charge on any atom is -0.393 e. The molecule has 254 valence electrons. The first kappa shape index (κ1) is 32.9. The summed E-state index contributed by atoms with van der Waals surface area (Å²) in [4.78, 5) is 0. The van der Waals surface area contributed by atoms with Gasteiger partial charge in [-0.2, -0.15) is 0 Å². The van der Waals surface area contributed by atoms with Crippen LogP contribution in [0.5, 0.6) is 0 Å². The molecule has 0 radical (unpaired) electrons. The molecule has 4 saturated carbocycles. The van der Waals surface area contributed by atoms with E-state index < -0.39 is 5.79 Å². The lowest BCUT2D eigenvalue weighted by Crippen LogP contribution is -2.52. The predicted molar refractivity (Wildman–Crippen MR) is 186 cm³/mol. The fraction of sp³-hybridized carbons (Fsp3) is 0.610. The number of halogens is 1. The van der Waals surface area contributed by atoms with Gasteiger partial charge < -0.3 is 25.2 Å². The number of benzene rings is 2. The van der Waals surface area contributed by atoms with Crippen LogP contribution in [-0.2, 0) is 16.0 Å². The lowest BCUT2D eigenvalue weighted by Gasteiger charge is -2.55. The van der Waals surface area contributed by atoms with Gasteiger partial charge in [0.1, 0.15) is 5.82 Å². The van der Waals surface area contributed by atoms with Gasteiger partial charge in [-0.3, -0.25) is 0 Å². The summed E-state index contributed by atoms with van der Waals surface area (Å²) in [6, 6.07) is 15.4. The van der Waals surface area contributed by atoms with Gasteiger partial charge in [0.2, 0.25) is 0 Å². The van der Waals surface area contributed by atoms with Crippen LogP contribution in [0.1, 0.15) is 108 Å². The Morgan fingerprint density at radius 1 is 0.915 bits per heavy atom. The molecule has 0 bridgehead atoms. The molecule has 1 spiro atoms. The van der Waals surface area contributed by atoms with E-state index in [0.29, 0.717) is 36.0 Å². The Bertz CT molecular complexity index is 1450. The van der Waals surface area contributed by atoms with Crippen molar-refractivity contribution in [1.82, 2.24) is 5.32 Å². The van der Waals surface area contributed by atoms with Crippen LogP contribution in [0.4, 0.5) is 10.1 Å². The number of allylic oxidation sites excluding steroid dienone is 2. The van der Waals surface area contributed by atoms with Crippen LogP contribution in [0.3, 0.4) is 0 Å². The molecule has 6 heteroatoms. The highest BCUT2D eigenvalue weighted by Gasteiger charge is 2.57. The molecule has 6 unspecified atom stereocenters. The van der Waals surface area contributed by atoms with Crippen molar-refractivity contribution in [2.45, 2.75) is 116 Å². The summed E-state index contributed by atoms with van der Waals surface area (Å²) < 4.78 is 26.2. The van der Waals surface area contributed by atoms with Crippen molar-refractivity contribution in [3.8, 4) is 0 Å². The van der Waals surface area contributed by atoms with Crippen molar-refractivity contribution >= 4 is 5.69 Å². The van der Waals surface area contributed by atoms with Crippen LogP contribution in [0.2, 0.25) is 0 Å². The zero-order valence-electron chi connectivity index (χ0n) is 28.8. The van der Waals surface area contributed by atoms with E-state index in [-0.39, 0.29) is 22.8 Å². The Labute approximate surface area is 281 Å². The molecule has 0 aromatic heterocycles. The summed E-state index contributed by atoms with van der Waals surface area (Å²) >= 11 is 0. The second-order valence-corrected chi connectivity index (χ2v) is 16.4. The number of anilines is 1. The minimum atomic E-state index is -0.413. The number of rotatable bonds is 6. The largest absolute Gasteiger partial charge is 0.393 e. The van der Waals surface area contributed by atoms with Gasteiger partial charge in [0.15, 0.2) is 5.79 Å². The number of aliphatic hydroxyl groups excluding tert-OH is 1. The van der Waals surface area contributed by atoms with E-state index in [1.54, 1.807) is 23.3 Å². The third-order valence-corrected chi connectivity index (χ3v) is 12.1. The number of ether oxygens (including phenoxy) is 2. The summed E-state index contributed by atoms with van der Waals surface area (Å²) in [5.74, 6) is 2.00. The van der Waals surface area contributed by atoms with Gasteiger partial charge >= 0.3 is 0 Å². The number of nitrogens with one attached hydrogen (secondary N) is 2. The number of aliphatic hydroxyl groups is 1. The van der Waals surface area contributed by atoms with Crippen molar-refractivity contribution in [2.75, 3.05) is 18.5 Å². The van der Waals surface area contributed by atoms with Gasteiger partial charge in [0, 0.05) is 36.4 Å². The minimum absolute atomic E-state index is 0.0344. The van der Waals surface area contributed by atoms with E-state index in [1.807, 2.05) is 0 Å². The monoisotopic (exact) mass is 642 g/mol.